The molecule has 1 aliphatic rings. The second kappa shape index (κ2) is 8.29. The Morgan fingerprint density at radius 2 is 2.00 bits per heavy atom. The Balaban J connectivity index is 1.79. The molecule has 1 saturated heterocycles. The van der Waals surface area contributed by atoms with Crippen LogP contribution in [0.2, 0.25) is 5.02 Å². The first kappa shape index (κ1) is 17.7. The van der Waals surface area contributed by atoms with Crippen molar-refractivity contribution in [1.82, 2.24) is 9.80 Å². The second-order valence-corrected chi connectivity index (χ2v) is 6.19. The highest BCUT2D eigenvalue weighted by Gasteiger charge is 2.21. The van der Waals surface area contributed by atoms with Gasteiger partial charge in [0.05, 0.1) is 29.9 Å². The molecular weight excluding hydrogens is 318 g/mol. The second-order valence-electron chi connectivity index (χ2n) is 5.79. The van der Waals surface area contributed by atoms with Crippen LogP contribution in [0.1, 0.15) is 12.8 Å². The van der Waals surface area contributed by atoms with Gasteiger partial charge in [-0.25, -0.2) is 0 Å². The van der Waals surface area contributed by atoms with E-state index in [9.17, 15) is 14.7 Å². The van der Waals surface area contributed by atoms with Crippen LogP contribution >= 0.6 is 11.6 Å². The number of carbonyl (C=O) groups is 2. The maximum Gasteiger partial charge on any atom is 0.244 e. The number of piperidine rings is 1. The number of para-hydroxylation sites is 1. The number of hydrogen-bond acceptors (Lipinski definition) is 4. The smallest absolute Gasteiger partial charge is 0.244 e. The number of rotatable bonds is 5. The quantitative estimate of drug-likeness (QED) is 0.845. The largest absolute Gasteiger partial charge is 0.393 e. The Hall–Kier alpha value is -1.63. The molecule has 2 rings (SSSR count). The zero-order valence-electron chi connectivity index (χ0n) is 13.2. The molecule has 1 aromatic rings. The van der Waals surface area contributed by atoms with Crippen LogP contribution in [0.15, 0.2) is 24.3 Å². The summed E-state index contributed by atoms with van der Waals surface area (Å²) in [6.45, 7) is 1.64. The van der Waals surface area contributed by atoms with Gasteiger partial charge in [0, 0.05) is 20.1 Å². The van der Waals surface area contributed by atoms with E-state index in [1.54, 1.807) is 31.3 Å². The van der Waals surface area contributed by atoms with Gasteiger partial charge in [0.1, 0.15) is 0 Å². The Morgan fingerprint density at radius 1 is 1.35 bits per heavy atom. The van der Waals surface area contributed by atoms with E-state index >= 15 is 0 Å². The average molecular weight is 340 g/mol. The molecule has 0 radical (unpaired) electrons. The van der Waals surface area contributed by atoms with Crippen LogP contribution in [0.3, 0.4) is 0 Å². The number of likely N-dealkylation sites (tertiary alicyclic amines) is 1. The van der Waals surface area contributed by atoms with Crippen LogP contribution in [0, 0.1) is 0 Å². The zero-order valence-corrected chi connectivity index (χ0v) is 13.9. The predicted molar refractivity (Wildman–Crippen MR) is 89.4 cm³/mol. The van der Waals surface area contributed by atoms with E-state index < -0.39 is 0 Å². The summed E-state index contributed by atoms with van der Waals surface area (Å²) >= 11 is 5.99. The van der Waals surface area contributed by atoms with Crippen LogP contribution < -0.4 is 5.32 Å². The minimum atomic E-state index is -0.289. The van der Waals surface area contributed by atoms with Crippen LogP contribution in [0.4, 0.5) is 5.69 Å². The summed E-state index contributed by atoms with van der Waals surface area (Å²) in [5.41, 5.74) is 0.532. The molecule has 1 heterocycles. The van der Waals surface area contributed by atoms with Crippen molar-refractivity contribution < 1.29 is 14.7 Å². The van der Waals surface area contributed by atoms with Gasteiger partial charge in [0.15, 0.2) is 0 Å². The number of amides is 2. The third kappa shape index (κ3) is 5.49. The molecule has 7 heteroatoms. The van der Waals surface area contributed by atoms with E-state index in [0.717, 1.165) is 0 Å². The van der Waals surface area contributed by atoms with Crippen molar-refractivity contribution in [3.8, 4) is 0 Å². The Kier molecular flexibility index (Phi) is 6.38. The van der Waals surface area contributed by atoms with Gasteiger partial charge in [-0.05, 0) is 25.0 Å². The summed E-state index contributed by atoms with van der Waals surface area (Å²) in [6.07, 6.45) is 1.11. The van der Waals surface area contributed by atoms with Gasteiger partial charge in [0.2, 0.25) is 11.8 Å². The van der Waals surface area contributed by atoms with Gasteiger partial charge in [-0.1, -0.05) is 23.7 Å². The fourth-order valence-electron chi connectivity index (χ4n) is 2.45. The molecule has 0 bridgehead atoms. The van der Waals surface area contributed by atoms with Crippen molar-refractivity contribution in [3.63, 3.8) is 0 Å². The van der Waals surface area contributed by atoms with E-state index in [0.29, 0.717) is 36.6 Å². The van der Waals surface area contributed by atoms with E-state index in [1.165, 1.54) is 4.90 Å². The van der Waals surface area contributed by atoms with Crippen LogP contribution in [-0.4, -0.2) is 66.1 Å². The van der Waals surface area contributed by atoms with Crippen molar-refractivity contribution in [3.05, 3.63) is 29.3 Å². The van der Waals surface area contributed by atoms with Crippen molar-refractivity contribution in [1.29, 1.82) is 0 Å². The Labute approximate surface area is 141 Å². The molecule has 0 spiro atoms. The molecule has 1 aliphatic heterocycles. The van der Waals surface area contributed by atoms with Gasteiger partial charge in [-0.3, -0.25) is 14.5 Å². The predicted octanol–water partition coefficient (Wildman–Crippen LogP) is 1.19. The number of carbonyl (C=O) groups excluding carboxylic acids is 2. The summed E-state index contributed by atoms with van der Waals surface area (Å²) < 4.78 is 0. The number of nitrogens with one attached hydrogen (secondary N) is 1. The van der Waals surface area contributed by atoms with E-state index in [1.807, 2.05) is 4.90 Å². The lowest BCUT2D eigenvalue weighted by Crippen LogP contribution is -2.44. The lowest BCUT2D eigenvalue weighted by molar-refractivity contribution is -0.134. The van der Waals surface area contributed by atoms with Crippen molar-refractivity contribution in [2.45, 2.75) is 18.9 Å². The molecule has 2 amide bonds. The summed E-state index contributed by atoms with van der Waals surface area (Å²) in [7, 11) is 1.60. The van der Waals surface area contributed by atoms with Crippen molar-refractivity contribution in [2.75, 3.05) is 38.5 Å². The number of anilines is 1. The average Bonchev–Trinajstić information content (AvgIpc) is 2.51. The Morgan fingerprint density at radius 3 is 2.65 bits per heavy atom. The topological polar surface area (TPSA) is 72.9 Å². The molecule has 0 aromatic heterocycles. The fraction of sp³-hybridized carbons (Fsp3) is 0.500. The van der Waals surface area contributed by atoms with Gasteiger partial charge >= 0.3 is 0 Å². The van der Waals surface area contributed by atoms with Gasteiger partial charge < -0.3 is 15.3 Å². The lowest BCUT2D eigenvalue weighted by Gasteiger charge is -2.30. The van der Waals surface area contributed by atoms with Crippen LogP contribution in [0.25, 0.3) is 0 Å². The molecule has 0 atom stereocenters. The van der Waals surface area contributed by atoms with Crippen LogP contribution in [0.5, 0.6) is 0 Å². The first-order chi connectivity index (χ1) is 11.0. The highest BCUT2D eigenvalue weighted by molar-refractivity contribution is 6.33. The first-order valence-corrected chi connectivity index (χ1v) is 8.02. The number of halogens is 1. The summed E-state index contributed by atoms with van der Waals surface area (Å²) in [5, 5.41) is 12.6. The number of likely N-dealkylation sites (N-methyl/N-ethyl adjacent to an activating group) is 1. The normalized spacial score (nSPS) is 16.1. The van der Waals surface area contributed by atoms with Crippen molar-refractivity contribution in [2.24, 2.45) is 0 Å². The third-order valence-corrected chi connectivity index (χ3v) is 4.20. The number of aliphatic hydroxyl groups is 1. The molecule has 2 N–H and O–H groups in total. The maximum absolute atomic E-state index is 12.2. The molecular formula is C16H22ClN3O3. The summed E-state index contributed by atoms with van der Waals surface area (Å²) in [4.78, 5) is 27.6. The van der Waals surface area contributed by atoms with Gasteiger partial charge in [0.25, 0.3) is 0 Å². The molecule has 0 unspecified atom stereocenters. The van der Waals surface area contributed by atoms with Gasteiger partial charge in [-0.15, -0.1) is 0 Å². The minimum Gasteiger partial charge on any atom is -0.393 e. The van der Waals surface area contributed by atoms with Crippen LogP contribution in [-0.2, 0) is 9.59 Å². The number of aliphatic hydroxyl groups excluding tert-OH is 1. The van der Waals surface area contributed by atoms with E-state index in [2.05, 4.69) is 5.32 Å². The van der Waals surface area contributed by atoms with Crippen molar-refractivity contribution >= 4 is 29.1 Å². The lowest BCUT2D eigenvalue weighted by atomic mass is 10.1. The molecule has 1 aromatic carbocycles. The highest BCUT2D eigenvalue weighted by atomic mass is 35.5. The zero-order chi connectivity index (χ0) is 16.8. The highest BCUT2D eigenvalue weighted by Crippen LogP contribution is 2.20. The SMILES string of the molecule is CN(CC(=O)Nc1ccccc1Cl)C(=O)CN1CCC(O)CC1. The Bertz CT molecular complexity index is 559. The minimum absolute atomic E-state index is 0.0273. The number of hydrogen-bond donors (Lipinski definition) is 2. The fourth-order valence-corrected chi connectivity index (χ4v) is 2.63. The standard InChI is InChI=1S/C16H22ClN3O3/c1-19(16(23)11-20-8-6-12(21)7-9-20)10-15(22)18-14-5-3-2-4-13(14)17/h2-5,12,21H,6-11H2,1H3,(H,18,22). The monoisotopic (exact) mass is 339 g/mol. The van der Waals surface area contributed by atoms with E-state index in [4.69, 9.17) is 11.6 Å². The number of benzene rings is 1. The summed E-state index contributed by atoms with van der Waals surface area (Å²) in [5.74, 6) is -0.404. The number of nitrogens with zero attached hydrogens (tertiary/aromatic N) is 2. The van der Waals surface area contributed by atoms with Gasteiger partial charge in [-0.2, -0.15) is 0 Å². The molecule has 1 fully saturated rings. The third-order valence-electron chi connectivity index (χ3n) is 3.87. The summed E-state index contributed by atoms with van der Waals surface area (Å²) in [6, 6.07) is 6.96. The maximum atomic E-state index is 12.2. The first-order valence-electron chi connectivity index (χ1n) is 7.64. The molecule has 0 aliphatic carbocycles. The molecule has 126 valence electrons. The molecule has 6 nitrogen and oxygen atoms in total. The molecule has 23 heavy (non-hydrogen) atoms. The van der Waals surface area contributed by atoms with E-state index in [-0.39, 0.29) is 31.0 Å². The molecule has 0 saturated carbocycles.